The maximum atomic E-state index is 11.7. The minimum Gasteiger partial charge on any atom is -0.464 e. The van der Waals surface area contributed by atoms with Gasteiger partial charge in [0.25, 0.3) is 0 Å². The number of hydrogen-bond acceptors (Lipinski definition) is 10. The molecule has 0 fully saturated rings. The zero-order valence-electron chi connectivity index (χ0n) is 19.1. The second-order valence-electron chi connectivity index (χ2n) is 7.63. The molecular weight excluding hydrogens is 450 g/mol. The molecule has 3 aromatic heterocycles. The maximum absolute atomic E-state index is 11.7. The van der Waals surface area contributed by atoms with E-state index in [2.05, 4.69) is 45.8 Å². The molecule has 1 aromatic carbocycles. The Kier molecular flexibility index (Phi) is 6.69. The van der Waals surface area contributed by atoms with Gasteiger partial charge in [-0.15, -0.1) is 11.3 Å². The zero-order valence-corrected chi connectivity index (χ0v) is 20.0. The summed E-state index contributed by atoms with van der Waals surface area (Å²) >= 11 is 1.51. The highest BCUT2D eigenvalue weighted by molar-refractivity contribution is 7.14. The SMILES string of the molecule is CCCN(c1nc(-c2nc(N)cc(N)n2)cs1)c1cc(-c2ccc(C(=O)OC)nc2)ccc1C. The fraction of sp³-hybridized carbons (Fsp3) is 0.208. The average Bonchev–Trinajstić information content (AvgIpc) is 3.32. The molecule has 0 amide bonds. The summed E-state index contributed by atoms with van der Waals surface area (Å²) in [6, 6.07) is 11.2. The van der Waals surface area contributed by atoms with Crippen LogP contribution < -0.4 is 16.4 Å². The number of rotatable bonds is 7. The highest BCUT2D eigenvalue weighted by atomic mass is 32.1. The molecule has 4 aromatic rings. The number of esters is 1. The van der Waals surface area contributed by atoms with Crippen LogP contribution in [0.25, 0.3) is 22.6 Å². The van der Waals surface area contributed by atoms with Crippen LogP contribution in [-0.2, 0) is 4.74 Å². The van der Waals surface area contributed by atoms with Crippen LogP contribution in [0.2, 0.25) is 0 Å². The number of anilines is 4. The first-order valence-electron chi connectivity index (χ1n) is 10.7. The lowest BCUT2D eigenvalue weighted by atomic mass is 10.0. The van der Waals surface area contributed by atoms with E-state index in [1.165, 1.54) is 24.5 Å². The van der Waals surface area contributed by atoms with E-state index < -0.39 is 5.97 Å². The maximum Gasteiger partial charge on any atom is 0.356 e. The number of carbonyl (C=O) groups excluding carboxylic acids is 1. The van der Waals surface area contributed by atoms with E-state index in [0.29, 0.717) is 23.2 Å². The van der Waals surface area contributed by atoms with Crippen LogP contribution in [0.5, 0.6) is 0 Å². The number of benzene rings is 1. The summed E-state index contributed by atoms with van der Waals surface area (Å²) in [7, 11) is 1.34. The van der Waals surface area contributed by atoms with Crippen molar-refractivity contribution in [2.75, 3.05) is 30.0 Å². The number of nitrogen functional groups attached to an aromatic ring is 2. The molecule has 0 saturated heterocycles. The number of aryl methyl sites for hydroxylation is 1. The van der Waals surface area contributed by atoms with Gasteiger partial charge in [0, 0.05) is 35.4 Å². The molecule has 0 saturated carbocycles. The molecule has 0 bridgehead atoms. The molecule has 0 aliphatic carbocycles. The summed E-state index contributed by atoms with van der Waals surface area (Å²) in [4.78, 5) is 31.4. The molecule has 0 atom stereocenters. The van der Waals surface area contributed by atoms with Gasteiger partial charge < -0.3 is 21.1 Å². The van der Waals surface area contributed by atoms with Crippen LogP contribution in [0.1, 0.15) is 29.4 Å². The predicted molar refractivity (Wildman–Crippen MR) is 135 cm³/mol. The van der Waals surface area contributed by atoms with Gasteiger partial charge in [-0.3, -0.25) is 0 Å². The van der Waals surface area contributed by atoms with Gasteiger partial charge in [0.05, 0.1) is 7.11 Å². The van der Waals surface area contributed by atoms with Crippen molar-refractivity contribution in [1.82, 2.24) is 19.9 Å². The second kappa shape index (κ2) is 9.84. The summed E-state index contributed by atoms with van der Waals surface area (Å²) in [5.41, 5.74) is 16.6. The van der Waals surface area contributed by atoms with E-state index >= 15 is 0 Å². The first-order valence-corrected chi connectivity index (χ1v) is 11.6. The van der Waals surface area contributed by atoms with Crippen molar-refractivity contribution >= 4 is 39.8 Å². The van der Waals surface area contributed by atoms with Crippen molar-refractivity contribution < 1.29 is 9.53 Å². The third-order valence-electron chi connectivity index (χ3n) is 5.16. The number of ether oxygens (including phenoxy) is 1. The van der Waals surface area contributed by atoms with Crippen LogP contribution >= 0.6 is 11.3 Å². The standard InChI is InChI=1S/C24H25N7O2S/c1-4-9-31(24-28-18(13-34-24)22-29-20(25)11-21(26)30-22)19-10-15(6-5-14(19)2)16-7-8-17(27-12-16)23(32)33-3/h5-8,10-13H,4,9H2,1-3H3,(H4,25,26,29,30). The Bertz CT molecular complexity index is 1300. The van der Waals surface area contributed by atoms with Crippen molar-refractivity contribution in [2.24, 2.45) is 0 Å². The van der Waals surface area contributed by atoms with E-state index in [1.807, 2.05) is 17.5 Å². The van der Waals surface area contributed by atoms with E-state index in [-0.39, 0.29) is 5.69 Å². The minimum atomic E-state index is -0.462. The number of carbonyl (C=O) groups is 1. The van der Waals surface area contributed by atoms with Crippen molar-refractivity contribution in [2.45, 2.75) is 20.3 Å². The van der Waals surface area contributed by atoms with Crippen LogP contribution in [0.4, 0.5) is 22.5 Å². The third kappa shape index (κ3) is 4.81. The molecule has 9 nitrogen and oxygen atoms in total. The molecule has 0 radical (unpaired) electrons. The first-order chi connectivity index (χ1) is 16.4. The number of aromatic nitrogens is 4. The van der Waals surface area contributed by atoms with E-state index in [0.717, 1.165) is 40.5 Å². The van der Waals surface area contributed by atoms with E-state index in [4.69, 9.17) is 21.2 Å². The number of pyridine rings is 1. The number of methoxy groups -OCH3 is 1. The van der Waals surface area contributed by atoms with Crippen molar-refractivity contribution in [1.29, 1.82) is 0 Å². The molecule has 34 heavy (non-hydrogen) atoms. The normalized spacial score (nSPS) is 10.8. The lowest BCUT2D eigenvalue weighted by Gasteiger charge is -2.24. The largest absolute Gasteiger partial charge is 0.464 e. The average molecular weight is 476 g/mol. The smallest absolute Gasteiger partial charge is 0.356 e. The van der Waals surface area contributed by atoms with E-state index in [9.17, 15) is 4.79 Å². The summed E-state index contributed by atoms with van der Waals surface area (Å²) in [6.45, 7) is 4.96. The second-order valence-corrected chi connectivity index (χ2v) is 8.47. The Morgan fingerprint density at radius 3 is 2.44 bits per heavy atom. The number of hydrogen-bond donors (Lipinski definition) is 2. The monoisotopic (exact) mass is 475 g/mol. The highest BCUT2D eigenvalue weighted by Crippen LogP contribution is 2.35. The van der Waals surface area contributed by atoms with Crippen molar-refractivity contribution in [3.8, 4) is 22.6 Å². The van der Waals surface area contributed by atoms with Gasteiger partial charge in [-0.25, -0.2) is 24.7 Å². The fourth-order valence-electron chi connectivity index (χ4n) is 3.50. The molecule has 0 aliphatic rings. The molecule has 4 N–H and O–H groups in total. The van der Waals surface area contributed by atoms with Gasteiger partial charge in [-0.05, 0) is 36.6 Å². The summed E-state index contributed by atoms with van der Waals surface area (Å²) in [5.74, 6) is 0.546. The van der Waals surface area contributed by atoms with Crippen LogP contribution in [-0.4, -0.2) is 39.6 Å². The highest BCUT2D eigenvalue weighted by Gasteiger charge is 2.18. The molecule has 3 heterocycles. The summed E-state index contributed by atoms with van der Waals surface area (Å²) in [6.07, 6.45) is 2.60. The molecule has 0 aliphatic heterocycles. The molecule has 4 rings (SSSR count). The first kappa shape index (κ1) is 23.1. The number of nitrogens with zero attached hydrogens (tertiary/aromatic N) is 5. The van der Waals surface area contributed by atoms with Crippen LogP contribution in [0.3, 0.4) is 0 Å². The van der Waals surface area contributed by atoms with E-state index in [1.54, 1.807) is 12.3 Å². The van der Waals surface area contributed by atoms with Gasteiger partial charge in [-0.2, -0.15) is 0 Å². The Hall–Kier alpha value is -4.05. The molecule has 174 valence electrons. The third-order valence-corrected chi connectivity index (χ3v) is 6.02. The molecule has 0 spiro atoms. The zero-order chi connectivity index (χ0) is 24.2. The Morgan fingerprint density at radius 1 is 1.06 bits per heavy atom. The fourth-order valence-corrected chi connectivity index (χ4v) is 4.35. The Morgan fingerprint density at radius 2 is 1.79 bits per heavy atom. The summed E-state index contributed by atoms with van der Waals surface area (Å²) in [5, 5.41) is 2.72. The van der Waals surface area contributed by atoms with Crippen LogP contribution in [0, 0.1) is 6.92 Å². The quantitative estimate of drug-likeness (QED) is 0.371. The number of thiazole rings is 1. The molecular formula is C24H25N7O2S. The van der Waals surface area contributed by atoms with Gasteiger partial charge in [-0.1, -0.05) is 25.1 Å². The van der Waals surface area contributed by atoms with Crippen LogP contribution in [0.15, 0.2) is 48.0 Å². The van der Waals surface area contributed by atoms with Crippen molar-refractivity contribution in [3.63, 3.8) is 0 Å². The molecule has 10 heteroatoms. The van der Waals surface area contributed by atoms with Gasteiger partial charge in [0.2, 0.25) is 0 Å². The predicted octanol–water partition coefficient (Wildman–Crippen LogP) is 4.47. The topological polar surface area (TPSA) is 133 Å². The van der Waals surface area contributed by atoms with Crippen molar-refractivity contribution in [3.05, 3.63) is 59.2 Å². The van der Waals surface area contributed by atoms with Gasteiger partial charge >= 0.3 is 5.97 Å². The van der Waals surface area contributed by atoms with Gasteiger partial charge in [0.15, 0.2) is 11.0 Å². The lowest BCUT2D eigenvalue weighted by molar-refractivity contribution is 0.0594. The Balaban J connectivity index is 1.70. The Labute approximate surface area is 201 Å². The minimum absolute atomic E-state index is 0.269. The lowest BCUT2D eigenvalue weighted by Crippen LogP contribution is -2.18. The summed E-state index contributed by atoms with van der Waals surface area (Å²) < 4.78 is 4.73. The van der Waals surface area contributed by atoms with Gasteiger partial charge in [0.1, 0.15) is 23.0 Å². The number of nitrogens with two attached hydrogens (primary N) is 2. The molecule has 0 unspecified atom stereocenters.